The lowest BCUT2D eigenvalue weighted by molar-refractivity contribution is -0.143. The summed E-state index contributed by atoms with van der Waals surface area (Å²) in [5, 5.41) is 15.1. The molecule has 0 spiro atoms. The van der Waals surface area contributed by atoms with Gasteiger partial charge in [-0.2, -0.15) is 4.98 Å². The molecule has 2 heterocycles. The van der Waals surface area contributed by atoms with Crippen molar-refractivity contribution in [3.8, 4) is 11.8 Å². The van der Waals surface area contributed by atoms with E-state index in [2.05, 4.69) is 15.6 Å². The largest absolute Gasteiger partial charge is 0.481 e. The molecule has 208 valence electrons. The monoisotopic (exact) mass is 546 g/mol. The smallest absolute Gasteiger partial charge is 0.326 e. The molecule has 4 rings (SSSR count). The van der Waals surface area contributed by atoms with Crippen LogP contribution in [0.5, 0.6) is 11.8 Å². The summed E-state index contributed by atoms with van der Waals surface area (Å²) in [5.41, 5.74) is 2.22. The van der Waals surface area contributed by atoms with E-state index in [0.29, 0.717) is 23.6 Å². The number of carboxylic acids is 1. The van der Waals surface area contributed by atoms with Crippen LogP contribution in [0.25, 0.3) is 0 Å². The van der Waals surface area contributed by atoms with Gasteiger partial charge in [0.25, 0.3) is 5.91 Å². The summed E-state index contributed by atoms with van der Waals surface area (Å²) in [6.07, 6.45) is 0.575. The van der Waals surface area contributed by atoms with Gasteiger partial charge in [0.2, 0.25) is 23.6 Å². The van der Waals surface area contributed by atoms with E-state index in [4.69, 9.17) is 9.47 Å². The molecule has 11 nitrogen and oxygen atoms in total. The third kappa shape index (κ3) is 6.73. The molecule has 11 heteroatoms. The molecule has 1 unspecified atom stereocenters. The number of aromatic nitrogens is 1. The molecule has 0 saturated carbocycles. The highest BCUT2D eigenvalue weighted by Gasteiger charge is 2.37. The predicted octanol–water partition coefficient (Wildman–Crippen LogP) is 2.65. The van der Waals surface area contributed by atoms with Crippen molar-refractivity contribution in [1.82, 2.24) is 15.2 Å². The molecule has 1 aliphatic heterocycles. The summed E-state index contributed by atoms with van der Waals surface area (Å²) >= 11 is 0. The number of nitrogens with one attached hydrogen (secondary N) is 2. The van der Waals surface area contributed by atoms with Gasteiger partial charge in [-0.05, 0) is 35.7 Å². The number of methoxy groups -OCH3 is 2. The average molecular weight is 547 g/mol. The van der Waals surface area contributed by atoms with Gasteiger partial charge in [-0.25, -0.2) is 4.79 Å². The van der Waals surface area contributed by atoms with Crippen LogP contribution in [0.15, 0.2) is 66.7 Å². The van der Waals surface area contributed by atoms with Crippen LogP contribution in [0.4, 0.5) is 5.69 Å². The lowest BCUT2D eigenvalue weighted by Crippen LogP contribution is -2.50. The van der Waals surface area contributed by atoms with Crippen LogP contribution in [-0.2, 0) is 27.3 Å². The van der Waals surface area contributed by atoms with E-state index in [0.717, 1.165) is 5.56 Å². The Labute approximate surface area is 231 Å². The highest BCUT2D eigenvalue weighted by atomic mass is 16.5. The summed E-state index contributed by atoms with van der Waals surface area (Å²) in [6.45, 7) is 0.279. The molecule has 1 aromatic heterocycles. The van der Waals surface area contributed by atoms with Gasteiger partial charge < -0.3 is 30.1 Å². The number of ether oxygens (including phenoxy) is 2. The minimum atomic E-state index is -1.20. The Morgan fingerprint density at radius 1 is 1.00 bits per heavy atom. The van der Waals surface area contributed by atoms with Gasteiger partial charge in [-0.3, -0.25) is 14.4 Å². The third-order valence-electron chi connectivity index (χ3n) is 6.57. The topological polar surface area (TPSA) is 147 Å². The molecule has 0 radical (unpaired) electrons. The minimum absolute atomic E-state index is 0.0187. The number of carbonyl (C=O) groups excluding carboxylic acids is 3. The Morgan fingerprint density at radius 2 is 1.73 bits per heavy atom. The number of rotatable bonds is 11. The fourth-order valence-electron chi connectivity index (χ4n) is 4.48. The number of carbonyl (C=O) groups is 4. The molecule has 2 aromatic carbocycles. The maximum Gasteiger partial charge on any atom is 0.326 e. The van der Waals surface area contributed by atoms with Gasteiger partial charge in [0.15, 0.2) is 0 Å². The Morgan fingerprint density at radius 3 is 2.38 bits per heavy atom. The van der Waals surface area contributed by atoms with Crippen LogP contribution in [0.3, 0.4) is 0 Å². The second-order valence-electron chi connectivity index (χ2n) is 9.23. The van der Waals surface area contributed by atoms with E-state index >= 15 is 0 Å². The summed E-state index contributed by atoms with van der Waals surface area (Å²) < 4.78 is 10.2. The van der Waals surface area contributed by atoms with Crippen molar-refractivity contribution in [2.45, 2.75) is 37.9 Å². The van der Waals surface area contributed by atoms with Crippen molar-refractivity contribution in [3.63, 3.8) is 0 Å². The SMILES string of the molecule is COc1ccc(C(=O)Nc2ccc(C[C@H](NC(=O)C3CCC(=O)N3Cc3ccccc3)C(=O)O)cc2)c(OC)n1. The maximum atomic E-state index is 13.1. The lowest BCUT2D eigenvalue weighted by atomic mass is 10.0. The van der Waals surface area contributed by atoms with Crippen molar-refractivity contribution in [2.24, 2.45) is 0 Å². The molecule has 40 heavy (non-hydrogen) atoms. The van der Waals surface area contributed by atoms with E-state index < -0.39 is 29.9 Å². The molecule has 3 amide bonds. The normalized spacial score (nSPS) is 15.3. The Kier molecular flexibility index (Phi) is 8.95. The fraction of sp³-hybridized carbons (Fsp3) is 0.276. The summed E-state index contributed by atoms with van der Waals surface area (Å²) in [5.74, 6) is -1.86. The first-order valence-corrected chi connectivity index (χ1v) is 12.6. The van der Waals surface area contributed by atoms with Crippen molar-refractivity contribution in [3.05, 3.63) is 83.4 Å². The van der Waals surface area contributed by atoms with E-state index in [1.807, 2.05) is 30.3 Å². The first kappa shape index (κ1) is 28.1. The average Bonchev–Trinajstić information content (AvgIpc) is 3.33. The quantitative estimate of drug-likeness (QED) is 0.333. The number of amides is 3. The van der Waals surface area contributed by atoms with Crippen molar-refractivity contribution < 1.29 is 33.8 Å². The van der Waals surface area contributed by atoms with Crippen LogP contribution in [-0.4, -0.2) is 65.0 Å². The van der Waals surface area contributed by atoms with Crippen LogP contribution in [0.2, 0.25) is 0 Å². The highest BCUT2D eigenvalue weighted by Crippen LogP contribution is 2.23. The number of likely N-dealkylation sites (tertiary alicyclic amines) is 1. The fourth-order valence-corrected chi connectivity index (χ4v) is 4.48. The predicted molar refractivity (Wildman–Crippen MR) is 145 cm³/mol. The molecule has 0 bridgehead atoms. The van der Waals surface area contributed by atoms with Crippen LogP contribution >= 0.6 is 0 Å². The van der Waals surface area contributed by atoms with Gasteiger partial charge >= 0.3 is 5.97 Å². The number of hydrogen-bond acceptors (Lipinski definition) is 7. The molecule has 1 saturated heterocycles. The number of aliphatic carboxylic acids is 1. The second kappa shape index (κ2) is 12.7. The molecule has 1 aliphatic rings. The number of pyridine rings is 1. The van der Waals surface area contributed by atoms with Crippen molar-refractivity contribution in [1.29, 1.82) is 0 Å². The highest BCUT2D eigenvalue weighted by molar-refractivity contribution is 6.05. The Bertz CT molecular complexity index is 1380. The van der Waals surface area contributed by atoms with Crippen LogP contribution in [0.1, 0.15) is 34.3 Å². The van der Waals surface area contributed by atoms with Gasteiger partial charge in [0.05, 0.1) is 14.2 Å². The van der Waals surface area contributed by atoms with Gasteiger partial charge in [0.1, 0.15) is 17.6 Å². The van der Waals surface area contributed by atoms with Gasteiger partial charge in [-0.1, -0.05) is 42.5 Å². The molecule has 1 fully saturated rings. The standard InChI is InChI=1S/C29H30N4O7/c1-39-24-14-12-21(28(32-24)40-2)26(35)30-20-10-8-18(9-11-20)16-22(29(37)38)31-27(36)23-13-15-25(34)33(23)17-19-6-4-3-5-7-19/h3-12,14,22-23H,13,15-17H2,1-2H3,(H,30,35)(H,31,36)(H,37,38)/t22-,23?/m0/s1. The first-order valence-electron chi connectivity index (χ1n) is 12.6. The number of hydrogen-bond donors (Lipinski definition) is 3. The Hall–Kier alpha value is -4.93. The molecular weight excluding hydrogens is 516 g/mol. The lowest BCUT2D eigenvalue weighted by Gasteiger charge is -2.26. The Balaban J connectivity index is 1.38. The summed E-state index contributed by atoms with van der Waals surface area (Å²) in [6, 6.07) is 17.1. The van der Waals surface area contributed by atoms with E-state index in [-0.39, 0.29) is 36.7 Å². The van der Waals surface area contributed by atoms with Gasteiger partial charge in [-0.15, -0.1) is 0 Å². The minimum Gasteiger partial charge on any atom is -0.481 e. The van der Waals surface area contributed by atoms with Crippen molar-refractivity contribution in [2.75, 3.05) is 19.5 Å². The van der Waals surface area contributed by atoms with E-state index in [1.54, 1.807) is 30.3 Å². The second-order valence-corrected chi connectivity index (χ2v) is 9.23. The number of carboxylic acid groups (broad SMARTS) is 1. The summed E-state index contributed by atoms with van der Waals surface area (Å²) in [7, 11) is 2.86. The van der Waals surface area contributed by atoms with E-state index in [1.165, 1.54) is 25.2 Å². The zero-order valence-corrected chi connectivity index (χ0v) is 22.1. The number of benzene rings is 2. The third-order valence-corrected chi connectivity index (χ3v) is 6.57. The summed E-state index contributed by atoms with van der Waals surface area (Å²) in [4.78, 5) is 55.8. The molecule has 3 N–H and O–H groups in total. The van der Waals surface area contributed by atoms with E-state index in [9.17, 15) is 24.3 Å². The molecular formula is C29H30N4O7. The zero-order chi connectivity index (χ0) is 28.6. The molecule has 3 aromatic rings. The molecule has 0 aliphatic carbocycles. The first-order chi connectivity index (χ1) is 19.3. The number of nitrogens with zero attached hydrogens (tertiary/aromatic N) is 2. The number of anilines is 1. The van der Waals surface area contributed by atoms with Crippen LogP contribution < -0.4 is 20.1 Å². The zero-order valence-electron chi connectivity index (χ0n) is 22.1. The van der Waals surface area contributed by atoms with Crippen molar-refractivity contribution >= 4 is 29.4 Å². The van der Waals surface area contributed by atoms with Gasteiger partial charge in [0, 0.05) is 31.1 Å². The van der Waals surface area contributed by atoms with Crippen LogP contribution in [0, 0.1) is 0 Å². The molecule has 2 atom stereocenters. The maximum absolute atomic E-state index is 13.1.